The topological polar surface area (TPSA) is 65.9 Å². The second-order valence-electron chi connectivity index (χ2n) is 8.96. The van der Waals surface area contributed by atoms with Crippen LogP contribution in [0.3, 0.4) is 0 Å². The third-order valence-corrected chi connectivity index (χ3v) is 6.74. The van der Waals surface area contributed by atoms with Gasteiger partial charge >= 0.3 is 5.97 Å². The Morgan fingerprint density at radius 1 is 1.09 bits per heavy atom. The number of aliphatic carboxylic acids is 1. The van der Waals surface area contributed by atoms with Crippen molar-refractivity contribution in [2.24, 2.45) is 0 Å². The fourth-order valence-corrected chi connectivity index (χ4v) is 4.82. The van der Waals surface area contributed by atoms with Crippen LogP contribution in [-0.2, 0) is 17.6 Å². The van der Waals surface area contributed by atoms with E-state index < -0.39 is 12.0 Å². The molecule has 2 heterocycles. The van der Waals surface area contributed by atoms with Crippen molar-refractivity contribution < 1.29 is 23.4 Å². The molecule has 1 aliphatic rings. The minimum Gasteiger partial charge on any atom is -0.497 e. The molecule has 1 aromatic heterocycles. The number of carbonyl (C=O) groups is 1. The summed E-state index contributed by atoms with van der Waals surface area (Å²) in [5.74, 6) is -0.768. The van der Waals surface area contributed by atoms with Gasteiger partial charge in [-0.3, -0.25) is 19.6 Å². The van der Waals surface area contributed by atoms with E-state index in [-0.39, 0.29) is 11.6 Å². The molecule has 6 nitrogen and oxygen atoms in total. The van der Waals surface area contributed by atoms with E-state index in [1.165, 1.54) is 12.3 Å². The third-order valence-electron chi connectivity index (χ3n) is 6.74. The number of hydrogen-bond acceptors (Lipinski definition) is 5. The lowest BCUT2D eigenvalue weighted by Gasteiger charge is -2.39. The van der Waals surface area contributed by atoms with Gasteiger partial charge in [0.05, 0.1) is 18.8 Å². The molecule has 1 saturated heterocycles. The molecule has 1 aliphatic heterocycles. The standard InChI is InChI=1S/C27H31F2N3O3/c1-35-20-10-11-25-22(16-20)21(24(29)17-30-25)8-5-13-32-15-14-31(18-26(32)27(33)34)12-4-7-19-6-2-3-9-23(19)28/h2-3,6,9-11,16-17,26H,4-5,7-8,12-15,18H2,1H3,(H,33,34)/t26-/m1/s1. The SMILES string of the molecule is COc1ccc2ncc(F)c(CCCN3CCN(CCCc4ccccc4F)C[C@@H]3C(=O)O)c2c1. The average molecular weight is 484 g/mol. The first kappa shape index (κ1) is 25.0. The molecule has 0 aliphatic carbocycles. The number of hydrogen-bond donors (Lipinski definition) is 1. The van der Waals surface area contributed by atoms with Gasteiger partial charge < -0.3 is 9.84 Å². The van der Waals surface area contributed by atoms with Crippen LogP contribution in [0.1, 0.15) is 24.0 Å². The van der Waals surface area contributed by atoms with E-state index in [0.29, 0.717) is 61.3 Å². The van der Waals surface area contributed by atoms with Gasteiger partial charge in [-0.1, -0.05) is 18.2 Å². The Kier molecular flexibility index (Phi) is 8.25. The molecule has 0 amide bonds. The highest BCUT2D eigenvalue weighted by Gasteiger charge is 2.31. The molecule has 0 unspecified atom stereocenters. The molecule has 186 valence electrons. The molecule has 1 N–H and O–H groups in total. The average Bonchev–Trinajstić information content (AvgIpc) is 2.86. The van der Waals surface area contributed by atoms with Crippen LogP contribution in [0.2, 0.25) is 0 Å². The molecule has 1 fully saturated rings. The highest BCUT2D eigenvalue weighted by atomic mass is 19.1. The summed E-state index contributed by atoms with van der Waals surface area (Å²) in [5, 5.41) is 10.5. The van der Waals surface area contributed by atoms with Crippen molar-refractivity contribution >= 4 is 16.9 Å². The van der Waals surface area contributed by atoms with Crippen molar-refractivity contribution in [3.05, 3.63) is 71.4 Å². The molecular formula is C27H31F2N3O3. The molecular weight excluding hydrogens is 452 g/mol. The molecule has 0 spiro atoms. The van der Waals surface area contributed by atoms with E-state index in [9.17, 15) is 18.7 Å². The van der Waals surface area contributed by atoms with E-state index in [1.54, 1.807) is 31.4 Å². The van der Waals surface area contributed by atoms with Crippen LogP contribution >= 0.6 is 0 Å². The van der Waals surface area contributed by atoms with Crippen molar-refractivity contribution in [1.29, 1.82) is 0 Å². The number of halogens is 2. The van der Waals surface area contributed by atoms with Gasteiger partial charge in [0.1, 0.15) is 23.4 Å². The molecule has 2 aromatic carbocycles. The molecule has 8 heteroatoms. The Bertz CT molecular complexity index is 1170. The van der Waals surface area contributed by atoms with Crippen molar-refractivity contribution in [2.45, 2.75) is 31.7 Å². The van der Waals surface area contributed by atoms with Crippen molar-refractivity contribution in [1.82, 2.24) is 14.8 Å². The summed E-state index contributed by atoms with van der Waals surface area (Å²) in [4.78, 5) is 20.3. The van der Waals surface area contributed by atoms with Gasteiger partial charge in [-0.15, -0.1) is 0 Å². The Morgan fingerprint density at radius 2 is 1.89 bits per heavy atom. The molecule has 1 atom stereocenters. The van der Waals surface area contributed by atoms with E-state index in [1.807, 2.05) is 17.0 Å². The fraction of sp³-hybridized carbons (Fsp3) is 0.407. The normalized spacial score (nSPS) is 17.1. The number of carboxylic acid groups (broad SMARTS) is 1. The maximum Gasteiger partial charge on any atom is 0.322 e. The number of carboxylic acids is 1. The van der Waals surface area contributed by atoms with Crippen LogP contribution in [0, 0.1) is 11.6 Å². The predicted molar refractivity (Wildman–Crippen MR) is 131 cm³/mol. The number of aryl methyl sites for hydroxylation is 2. The minimum absolute atomic E-state index is 0.197. The number of aromatic nitrogens is 1. The number of benzene rings is 2. The van der Waals surface area contributed by atoms with Gasteiger partial charge in [-0.25, -0.2) is 8.78 Å². The van der Waals surface area contributed by atoms with Crippen LogP contribution in [0.25, 0.3) is 10.9 Å². The summed E-state index contributed by atoms with van der Waals surface area (Å²) >= 11 is 0. The van der Waals surface area contributed by atoms with Gasteiger partial charge in [-0.2, -0.15) is 0 Å². The van der Waals surface area contributed by atoms with Gasteiger partial charge in [0.25, 0.3) is 0 Å². The van der Waals surface area contributed by atoms with Crippen molar-refractivity contribution in [3.63, 3.8) is 0 Å². The molecule has 4 rings (SSSR count). The van der Waals surface area contributed by atoms with E-state index >= 15 is 0 Å². The summed E-state index contributed by atoms with van der Waals surface area (Å²) < 4.78 is 33.7. The fourth-order valence-electron chi connectivity index (χ4n) is 4.82. The van der Waals surface area contributed by atoms with Crippen molar-refractivity contribution in [3.8, 4) is 5.75 Å². The lowest BCUT2D eigenvalue weighted by atomic mass is 10.0. The maximum absolute atomic E-state index is 14.6. The highest BCUT2D eigenvalue weighted by Crippen LogP contribution is 2.26. The zero-order chi connectivity index (χ0) is 24.8. The Morgan fingerprint density at radius 3 is 2.66 bits per heavy atom. The Hall–Kier alpha value is -3.10. The third kappa shape index (κ3) is 6.13. The van der Waals surface area contributed by atoms with Gasteiger partial charge in [0, 0.05) is 25.0 Å². The van der Waals surface area contributed by atoms with Crippen LogP contribution in [0.4, 0.5) is 8.78 Å². The molecule has 35 heavy (non-hydrogen) atoms. The van der Waals surface area contributed by atoms with E-state index in [0.717, 1.165) is 24.9 Å². The van der Waals surface area contributed by atoms with Crippen molar-refractivity contribution in [2.75, 3.05) is 39.8 Å². The molecule has 0 radical (unpaired) electrons. The zero-order valence-electron chi connectivity index (χ0n) is 19.9. The van der Waals surface area contributed by atoms with Gasteiger partial charge in [0.2, 0.25) is 0 Å². The van der Waals surface area contributed by atoms with E-state index in [4.69, 9.17) is 4.74 Å². The quantitative estimate of drug-likeness (QED) is 0.467. The van der Waals surface area contributed by atoms with E-state index in [2.05, 4.69) is 9.88 Å². The number of fused-ring (bicyclic) bond motifs is 1. The Balaban J connectivity index is 1.33. The smallest absolute Gasteiger partial charge is 0.322 e. The summed E-state index contributed by atoms with van der Waals surface area (Å²) in [6.45, 7) is 3.10. The summed E-state index contributed by atoms with van der Waals surface area (Å²) in [7, 11) is 1.57. The summed E-state index contributed by atoms with van der Waals surface area (Å²) in [6.07, 6.45) is 3.74. The Labute approximate surface area is 204 Å². The number of pyridine rings is 1. The number of piperazine rings is 1. The van der Waals surface area contributed by atoms with Crippen LogP contribution < -0.4 is 4.74 Å². The van der Waals surface area contributed by atoms with Crippen LogP contribution in [0.5, 0.6) is 5.75 Å². The zero-order valence-corrected chi connectivity index (χ0v) is 19.9. The number of nitrogens with zero attached hydrogens (tertiary/aromatic N) is 3. The molecule has 0 saturated carbocycles. The number of ether oxygens (including phenoxy) is 1. The first-order valence-electron chi connectivity index (χ1n) is 12.0. The first-order chi connectivity index (χ1) is 17.0. The van der Waals surface area contributed by atoms with Gasteiger partial charge in [0.15, 0.2) is 0 Å². The first-order valence-corrected chi connectivity index (χ1v) is 12.0. The highest BCUT2D eigenvalue weighted by molar-refractivity contribution is 5.83. The lowest BCUT2D eigenvalue weighted by Crippen LogP contribution is -2.56. The van der Waals surface area contributed by atoms with Crippen LogP contribution in [0.15, 0.2) is 48.7 Å². The van der Waals surface area contributed by atoms with Gasteiger partial charge in [-0.05, 0) is 74.2 Å². The maximum atomic E-state index is 14.6. The number of rotatable bonds is 10. The number of methoxy groups -OCH3 is 1. The summed E-state index contributed by atoms with van der Waals surface area (Å²) in [5.41, 5.74) is 1.97. The molecule has 3 aromatic rings. The second kappa shape index (κ2) is 11.6. The largest absolute Gasteiger partial charge is 0.497 e. The predicted octanol–water partition coefficient (Wildman–Crippen LogP) is 4.16. The second-order valence-corrected chi connectivity index (χ2v) is 8.96. The monoisotopic (exact) mass is 483 g/mol. The summed E-state index contributed by atoms with van der Waals surface area (Å²) in [6, 6.07) is 11.5. The minimum atomic E-state index is -0.853. The lowest BCUT2D eigenvalue weighted by molar-refractivity contribution is -0.145. The van der Waals surface area contributed by atoms with Crippen LogP contribution in [-0.4, -0.2) is 71.7 Å². The molecule has 0 bridgehead atoms.